The zero-order valence-electron chi connectivity index (χ0n) is 11.7. The van der Waals surface area contributed by atoms with Crippen molar-refractivity contribution in [1.29, 1.82) is 0 Å². The van der Waals surface area contributed by atoms with Crippen LogP contribution in [0.25, 0.3) is 0 Å². The lowest BCUT2D eigenvalue weighted by atomic mass is 10.00. The Bertz CT molecular complexity index is 336. The predicted molar refractivity (Wildman–Crippen MR) is 75.3 cm³/mol. The van der Waals surface area contributed by atoms with Gasteiger partial charge in [0.2, 0.25) is 5.91 Å². The van der Waals surface area contributed by atoms with Crippen molar-refractivity contribution in [3.63, 3.8) is 0 Å². The summed E-state index contributed by atoms with van der Waals surface area (Å²) >= 11 is 1.34. The number of rotatable bonds is 9. The number of nitrogens with one attached hydrogen (secondary N) is 2. The summed E-state index contributed by atoms with van der Waals surface area (Å²) in [7, 11) is 1.67. The lowest BCUT2D eigenvalue weighted by Crippen LogP contribution is -2.45. The summed E-state index contributed by atoms with van der Waals surface area (Å²) in [5.74, 6) is -1.77. The number of carboxylic acid groups (broad SMARTS) is 1. The maximum Gasteiger partial charge on any atom is 0.327 e. The van der Waals surface area contributed by atoms with E-state index in [9.17, 15) is 14.4 Å². The Morgan fingerprint density at radius 3 is 2.26 bits per heavy atom. The molecule has 0 aromatic heterocycles. The van der Waals surface area contributed by atoms with Gasteiger partial charge in [-0.25, -0.2) is 4.79 Å². The lowest BCUT2D eigenvalue weighted by molar-refractivity contribution is -0.141. The fourth-order valence-electron chi connectivity index (χ4n) is 1.39. The Morgan fingerprint density at radius 1 is 1.26 bits per heavy atom. The van der Waals surface area contributed by atoms with E-state index in [2.05, 4.69) is 10.6 Å². The highest BCUT2D eigenvalue weighted by molar-refractivity contribution is 7.98. The first-order chi connectivity index (χ1) is 8.83. The highest BCUT2D eigenvalue weighted by atomic mass is 32.2. The van der Waals surface area contributed by atoms with E-state index in [1.165, 1.54) is 11.8 Å². The highest BCUT2D eigenvalue weighted by Crippen LogP contribution is 2.07. The van der Waals surface area contributed by atoms with Crippen LogP contribution in [0, 0.1) is 5.92 Å². The zero-order valence-corrected chi connectivity index (χ0v) is 12.5. The van der Waals surface area contributed by atoms with Gasteiger partial charge in [-0.2, -0.15) is 11.8 Å². The van der Waals surface area contributed by atoms with Crippen molar-refractivity contribution in [2.45, 2.75) is 32.4 Å². The van der Waals surface area contributed by atoms with Crippen molar-refractivity contribution in [2.75, 3.05) is 19.1 Å². The third-order valence-corrected chi connectivity index (χ3v) is 3.49. The molecule has 0 radical (unpaired) electrons. The molecule has 110 valence electrons. The van der Waals surface area contributed by atoms with Gasteiger partial charge in [0.15, 0.2) is 0 Å². The molecule has 7 heteroatoms. The van der Waals surface area contributed by atoms with E-state index < -0.39 is 23.8 Å². The number of thioether (sulfide) groups is 1. The van der Waals surface area contributed by atoms with Crippen LogP contribution in [-0.4, -0.2) is 53.9 Å². The molecule has 1 unspecified atom stereocenters. The predicted octanol–water partition coefficient (Wildman–Crippen LogP) is 0.122. The van der Waals surface area contributed by atoms with Crippen LogP contribution in [0.5, 0.6) is 0 Å². The first-order valence-electron chi connectivity index (χ1n) is 6.05. The number of hydrogen-bond donors (Lipinski definition) is 3. The smallest absolute Gasteiger partial charge is 0.327 e. The summed E-state index contributed by atoms with van der Waals surface area (Å²) < 4.78 is 0. The van der Waals surface area contributed by atoms with Gasteiger partial charge in [-0.1, -0.05) is 6.92 Å². The van der Waals surface area contributed by atoms with Crippen LogP contribution >= 0.6 is 11.8 Å². The molecule has 1 amide bonds. The highest BCUT2D eigenvalue weighted by Gasteiger charge is 2.24. The summed E-state index contributed by atoms with van der Waals surface area (Å²) in [6.07, 6.45) is 1.86. The van der Waals surface area contributed by atoms with E-state index >= 15 is 0 Å². The van der Waals surface area contributed by atoms with Crippen LogP contribution in [0.4, 0.5) is 0 Å². The normalized spacial score (nSPS) is 15.4. The molecular formula is C12H22N2O4S. The summed E-state index contributed by atoms with van der Waals surface area (Å²) in [6, 6.07) is -1.22. The number of hydrogen-bond acceptors (Lipinski definition) is 5. The molecule has 0 saturated heterocycles. The SMILES string of the molecule is CN[C@@H](C)C(=O)CC(C)C(=O)N[C@H](CSC)C(=O)O. The number of Topliss-reactive ketones (excluding diaryl/α,β-unsaturated/α-hetero) is 1. The Balaban J connectivity index is 4.40. The molecule has 3 N–H and O–H groups in total. The minimum Gasteiger partial charge on any atom is -0.480 e. The fourth-order valence-corrected chi connectivity index (χ4v) is 1.95. The van der Waals surface area contributed by atoms with E-state index in [0.29, 0.717) is 5.75 Å². The van der Waals surface area contributed by atoms with Crippen molar-refractivity contribution in [1.82, 2.24) is 10.6 Å². The van der Waals surface area contributed by atoms with Crippen LogP contribution in [-0.2, 0) is 14.4 Å². The third-order valence-electron chi connectivity index (χ3n) is 2.82. The number of ketones is 1. The zero-order chi connectivity index (χ0) is 15.0. The first kappa shape index (κ1) is 17.9. The second-order valence-electron chi connectivity index (χ2n) is 4.44. The van der Waals surface area contributed by atoms with Gasteiger partial charge >= 0.3 is 5.97 Å². The topological polar surface area (TPSA) is 95.5 Å². The van der Waals surface area contributed by atoms with Gasteiger partial charge in [0, 0.05) is 18.1 Å². The Kier molecular flexibility index (Phi) is 8.42. The molecule has 0 rings (SSSR count). The molecule has 0 saturated carbocycles. The van der Waals surface area contributed by atoms with Crippen LogP contribution in [0.15, 0.2) is 0 Å². The average molecular weight is 290 g/mol. The molecule has 19 heavy (non-hydrogen) atoms. The van der Waals surface area contributed by atoms with E-state index in [1.54, 1.807) is 27.2 Å². The Hall–Kier alpha value is -1.08. The van der Waals surface area contributed by atoms with Crippen molar-refractivity contribution in [3.8, 4) is 0 Å². The molecule has 6 nitrogen and oxygen atoms in total. The summed E-state index contributed by atoms with van der Waals surface area (Å²) in [5, 5.41) is 14.2. The summed E-state index contributed by atoms with van der Waals surface area (Å²) in [5.41, 5.74) is 0. The van der Waals surface area contributed by atoms with Gasteiger partial charge in [0.05, 0.1) is 6.04 Å². The largest absolute Gasteiger partial charge is 0.480 e. The van der Waals surface area contributed by atoms with Crippen molar-refractivity contribution >= 4 is 29.4 Å². The molecule has 3 atom stereocenters. The fraction of sp³-hybridized carbons (Fsp3) is 0.750. The molecule has 0 aromatic carbocycles. The molecule has 0 heterocycles. The molecule has 0 aliphatic rings. The summed E-state index contributed by atoms with van der Waals surface area (Å²) in [6.45, 7) is 3.34. The molecule has 0 aliphatic carbocycles. The van der Waals surface area contributed by atoms with E-state index in [1.807, 2.05) is 0 Å². The molecule has 0 bridgehead atoms. The van der Waals surface area contributed by atoms with Crippen LogP contribution in [0.3, 0.4) is 0 Å². The molecular weight excluding hydrogens is 268 g/mol. The van der Waals surface area contributed by atoms with Gasteiger partial charge in [0.1, 0.15) is 11.8 Å². The maximum absolute atomic E-state index is 11.8. The number of amides is 1. The van der Waals surface area contributed by atoms with Gasteiger partial charge in [-0.05, 0) is 20.2 Å². The average Bonchev–Trinajstić information content (AvgIpc) is 2.36. The minimum atomic E-state index is -1.06. The van der Waals surface area contributed by atoms with Crippen LogP contribution in [0.2, 0.25) is 0 Å². The standard InChI is InChI=1S/C12H22N2O4S/c1-7(5-10(15)8(2)13-3)11(16)14-9(6-19-4)12(17)18/h7-9,13H,5-6H2,1-4H3,(H,14,16)(H,17,18)/t7?,8-,9+/m0/s1. The van der Waals surface area contributed by atoms with E-state index in [-0.39, 0.29) is 18.2 Å². The number of carboxylic acids is 1. The summed E-state index contributed by atoms with van der Waals surface area (Å²) in [4.78, 5) is 34.4. The second-order valence-corrected chi connectivity index (χ2v) is 5.35. The van der Waals surface area contributed by atoms with E-state index in [4.69, 9.17) is 5.11 Å². The van der Waals surface area contributed by atoms with Crippen LogP contribution < -0.4 is 10.6 Å². The number of carbonyl (C=O) groups is 3. The number of carbonyl (C=O) groups excluding carboxylic acids is 2. The number of likely N-dealkylation sites (N-methyl/N-ethyl adjacent to an activating group) is 1. The van der Waals surface area contributed by atoms with E-state index in [0.717, 1.165) is 0 Å². The maximum atomic E-state index is 11.8. The van der Waals surface area contributed by atoms with Crippen LogP contribution in [0.1, 0.15) is 20.3 Å². The van der Waals surface area contributed by atoms with Crippen molar-refractivity contribution in [2.24, 2.45) is 5.92 Å². The van der Waals surface area contributed by atoms with Crippen molar-refractivity contribution in [3.05, 3.63) is 0 Å². The van der Waals surface area contributed by atoms with Gasteiger partial charge in [-0.3, -0.25) is 9.59 Å². The van der Waals surface area contributed by atoms with Gasteiger partial charge in [-0.15, -0.1) is 0 Å². The minimum absolute atomic E-state index is 0.0677. The second kappa shape index (κ2) is 8.92. The lowest BCUT2D eigenvalue weighted by Gasteiger charge is -2.18. The third kappa shape index (κ3) is 6.58. The monoisotopic (exact) mass is 290 g/mol. The molecule has 0 aliphatic heterocycles. The Morgan fingerprint density at radius 2 is 1.84 bits per heavy atom. The number of aliphatic carboxylic acids is 1. The quantitative estimate of drug-likeness (QED) is 0.558. The van der Waals surface area contributed by atoms with Gasteiger partial charge in [0.25, 0.3) is 0 Å². The molecule has 0 spiro atoms. The van der Waals surface area contributed by atoms with Gasteiger partial charge < -0.3 is 15.7 Å². The Labute approximate surface area is 117 Å². The van der Waals surface area contributed by atoms with Crippen molar-refractivity contribution < 1.29 is 19.5 Å². The molecule has 0 aromatic rings. The molecule has 0 fully saturated rings. The first-order valence-corrected chi connectivity index (χ1v) is 7.44.